The summed E-state index contributed by atoms with van der Waals surface area (Å²) < 4.78 is 116. The molecule has 32 heavy (non-hydrogen) atoms. The minimum absolute atomic E-state index is 0.0215. The predicted octanol–water partition coefficient (Wildman–Crippen LogP) is 6.43. The average molecular weight is 464 g/mol. The normalized spacial score (nSPS) is 12.7. The summed E-state index contributed by atoms with van der Waals surface area (Å²) in [7, 11) is 0. The predicted molar refractivity (Wildman–Crippen MR) is 92.3 cm³/mol. The van der Waals surface area contributed by atoms with E-state index in [9.17, 15) is 44.3 Å². The monoisotopic (exact) mass is 464 g/mol. The van der Waals surface area contributed by atoms with Crippen molar-refractivity contribution >= 4 is 5.78 Å². The van der Waals surface area contributed by atoms with Crippen LogP contribution in [0.5, 0.6) is 0 Å². The summed E-state index contributed by atoms with van der Waals surface area (Å²) in [6.45, 7) is 0. The quantitative estimate of drug-likeness (QED) is 0.332. The minimum Gasteiger partial charge on any atom is -0.285 e. The van der Waals surface area contributed by atoms with Gasteiger partial charge >= 0.3 is 18.5 Å². The van der Waals surface area contributed by atoms with E-state index < -0.39 is 52.5 Å². The molecule has 0 bridgehead atoms. The molecule has 0 fully saturated rings. The number of carbonyl (C=O) groups excluding carboxylic acids is 1. The van der Waals surface area contributed by atoms with Crippen LogP contribution in [0.25, 0.3) is 11.1 Å². The van der Waals surface area contributed by atoms with E-state index in [1.165, 1.54) is 0 Å². The number of alkyl halides is 9. The van der Waals surface area contributed by atoms with Gasteiger partial charge in [0.1, 0.15) is 5.69 Å². The Bertz CT molecular complexity index is 1120. The first kappa shape index (κ1) is 23.2. The molecule has 168 valence electrons. The molecule has 3 rings (SSSR count). The summed E-state index contributed by atoms with van der Waals surface area (Å²) in [4.78, 5) is 19.0. The van der Waals surface area contributed by atoms with E-state index in [1.54, 1.807) is 0 Å². The lowest BCUT2D eigenvalue weighted by atomic mass is 9.97. The summed E-state index contributed by atoms with van der Waals surface area (Å²) >= 11 is 0. The molecule has 0 aliphatic heterocycles. The zero-order valence-corrected chi connectivity index (χ0v) is 15.4. The summed E-state index contributed by atoms with van der Waals surface area (Å²) in [6.07, 6.45) is -14.2. The Kier molecular flexibility index (Phi) is 5.75. The molecule has 0 aliphatic rings. The Balaban J connectivity index is 1.98. The third-order valence-corrected chi connectivity index (χ3v) is 4.22. The van der Waals surface area contributed by atoms with Crippen molar-refractivity contribution in [2.75, 3.05) is 0 Å². The summed E-state index contributed by atoms with van der Waals surface area (Å²) in [5.74, 6) is -1.78. The zero-order valence-electron chi connectivity index (χ0n) is 15.4. The molecular weight excluding hydrogens is 455 g/mol. The summed E-state index contributed by atoms with van der Waals surface area (Å²) in [6, 6.07) is 5.78. The van der Waals surface area contributed by atoms with Crippen molar-refractivity contribution < 1.29 is 44.3 Å². The van der Waals surface area contributed by atoms with Gasteiger partial charge in [0.05, 0.1) is 11.1 Å². The Hall–Kier alpha value is -3.44. The highest BCUT2D eigenvalue weighted by Gasteiger charge is 2.37. The van der Waals surface area contributed by atoms with Crippen LogP contribution in [-0.4, -0.2) is 15.8 Å². The molecule has 12 heteroatoms. The van der Waals surface area contributed by atoms with Crippen molar-refractivity contribution in [1.82, 2.24) is 9.97 Å². The molecule has 0 amide bonds. The van der Waals surface area contributed by atoms with Gasteiger partial charge in [0, 0.05) is 11.8 Å². The molecule has 0 atom stereocenters. The molecule has 0 aliphatic carbocycles. The highest BCUT2D eigenvalue weighted by atomic mass is 19.4. The summed E-state index contributed by atoms with van der Waals surface area (Å²) in [5.41, 5.74) is -5.09. The van der Waals surface area contributed by atoms with Crippen LogP contribution in [0.3, 0.4) is 0 Å². The third kappa shape index (κ3) is 5.06. The van der Waals surface area contributed by atoms with Gasteiger partial charge < -0.3 is 0 Å². The zero-order chi connectivity index (χ0) is 23.9. The number of halogens is 9. The Morgan fingerprint density at radius 1 is 0.656 bits per heavy atom. The number of aromatic nitrogens is 2. The molecular formula is C20H9F9N2O. The van der Waals surface area contributed by atoms with Gasteiger partial charge in [-0.15, -0.1) is 0 Å². The minimum atomic E-state index is -5.03. The molecule has 0 unspecified atom stereocenters. The van der Waals surface area contributed by atoms with Crippen molar-refractivity contribution in [2.45, 2.75) is 18.5 Å². The number of carbonyl (C=O) groups is 1. The smallest absolute Gasteiger partial charge is 0.285 e. The lowest BCUT2D eigenvalue weighted by molar-refractivity contribution is -0.143. The fourth-order valence-electron chi connectivity index (χ4n) is 2.69. The fourth-order valence-corrected chi connectivity index (χ4v) is 2.69. The third-order valence-electron chi connectivity index (χ3n) is 4.22. The van der Waals surface area contributed by atoms with Gasteiger partial charge in [-0.25, -0.2) is 9.97 Å². The molecule has 3 nitrogen and oxygen atoms in total. The molecule has 1 aromatic heterocycles. The number of ketones is 1. The fraction of sp³-hybridized carbons (Fsp3) is 0.150. The number of hydrogen-bond acceptors (Lipinski definition) is 3. The number of hydrogen-bond donors (Lipinski definition) is 0. The molecule has 0 radical (unpaired) electrons. The van der Waals surface area contributed by atoms with Crippen LogP contribution in [-0.2, 0) is 18.5 Å². The Morgan fingerprint density at radius 2 is 1.19 bits per heavy atom. The van der Waals surface area contributed by atoms with Crippen molar-refractivity contribution in [3.8, 4) is 11.1 Å². The number of nitrogens with zero attached hydrogens (tertiary/aromatic N) is 2. The van der Waals surface area contributed by atoms with Crippen molar-refractivity contribution in [3.05, 3.63) is 82.9 Å². The van der Waals surface area contributed by atoms with Crippen LogP contribution < -0.4 is 0 Å². The molecule has 1 heterocycles. The lowest BCUT2D eigenvalue weighted by Crippen LogP contribution is -2.14. The molecule has 0 saturated carbocycles. The van der Waals surface area contributed by atoms with E-state index in [2.05, 4.69) is 9.97 Å². The Morgan fingerprint density at radius 3 is 1.66 bits per heavy atom. The molecule has 3 aromatic rings. The highest BCUT2D eigenvalue weighted by molar-refractivity contribution is 6.06. The molecule has 2 aromatic carbocycles. The first-order valence-electron chi connectivity index (χ1n) is 8.51. The first-order chi connectivity index (χ1) is 14.7. The maximum atomic E-state index is 13.0. The van der Waals surface area contributed by atoms with Crippen LogP contribution in [0.4, 0.5) is 39.5 Å². The van der Waals surface area contributed by atoms with Crippen molar-refractivity contribution in [2.24, 2.45) is 0 Å². The van der Waals surface area contributed by atoms with Crippen molar-refractivity contribution in [3.63, 3.8) is 0 Å². The molecule has 0 spiro atoms. The SMILES string of the molecule is O=C(c1ccc(-c2cc(C(F)(F)F)cc(C(F)(F)F)c2)cc1)c1nccc(C(F)(F)F)n1. The van der Waals surface area contributed by atoms with E-state index in [4.69, 9.17) is 0 Å². The van der Waals surface area contributed by atoms with Crippen LogP contribution in [0, 0.1) is 0 Å². The van der Waals surface area contributed by atoms with Crippen molar-refractivity contribution in [1.29, 1.82) is 0 Å². The molecule has 0 N–H and O–H groups in total. The topological polar surface area (TPSA) is 42.9 Å². The van der Waals surface area contributed by atoms with Gasteiger partial charge in [0.15, 0.2) is 0 Å². The second kappa shape index (κ2) is 7.92. The van der Waals surface area contributed by atoms with E-state index in [-0.39, 0.29) is 17.2 Å². The van der Waals surface area contributed by atoms with E-state index in [0.29, 0.717) is 18.2 Å². The number of rotatable bonds is 3. The van der Waals surface area contributed by atoms with Crippen LogP contribution in [0.2, 0.25) is 0 Å². The second-order valence-electron chi connectivity index (χ2n) is 6.46. The second-order valence-corrected chi connectivity index (χ2v) is 6.46. The maximum absolute atomic E-state index is 13.0. The number of benzene rings is 2. The van der Waals surface area contributed by atoms with Gasteiger partial charge in [-0.1, -0.05) is 24.3 Å². The van der Waals surface area contributed by atoms with E-state index in [0.717, 1.165) is 30.5 Å². The van der Waals surface area contributed by atoms with Gasteiger partial charge in [0.2, 0.25) is 11.6 Å². The van der Waals surface area contributed by atoms with E-state index in [1.807, 2.05) is 0 Å². The maximum Gasteiger partial charge on any atom is 0.433 e. The van der Waals surface area contributed by atoms with Gasteiger partial charge in [0.25, 0.3) is 0 Å². The lowest BCUT2D eigenvalue weighted by Gasteiger charge is -2.14. The van der Waals surface area contributed by atoms with Gasteiger partial charge in [-0.2, -0.15) is 39.5 Å². The van der Waals surface area contributed by atoms with Gasteiger partial charge in [-0.3, -0.25) is 4.79 Å². The Labute approximate surface area is 173 Å². The standard InChI is InChI=1S/C20H9F9N2O/c21-18(22,23)13-7-12(8-14(9-13)19(24,25)26)10-1-3-11(4-2-10)16(32)17-30-6-5-15(31-17)20(27,28)29/h1-9H. The molecule has 0 saturated heterocycles. The van der Waals surface area contributed by atoms with Crippen LogP contribution >= 0.6 is 0 Å². The van der Waals surface area contributed by atoms with E-state index >= 15 is 0 Å². The van der Waals surface area contributed by atoms with Gasteiger partial charge in [-0.05, 0) is 35.4 Å². The highest BCUT2D eigenvalue weighted by Crippen LogP contribution is 2.38. The largest absolute Gasteiger partial charge is 0.433 e. The summed E-state index contributed by atoms with van der Waals surface area (Å²) in [5, 5.41) is 0. The average Bonchev–Trinajstić information content (AvgIpc) is 2.71. The van der Waals surface area contributed by atoms with Crippen LogP contribution in [0.15, 0.2) is 54.7 Å². The first-order valence-corrected chi connectivity index (χ1v) is 8.51. The van der Waals surface area contributed by atoms with Crippen LogP contribution in [0.1, 0.15) is 33.0 Å².